The molecule has 3 nitrogen and oxygen atoms in total. The first kappa shape index (κ1) is 11.9. The van der Waals surface area contributed by atoms with Crippen LogP contribution in [0.4, 0.5) is 5.69 Å². The highest BCUT2D eigenvalue weighted by molar-refractivity contribution is 5.51. The van der Waals surface area contributed by atoms with E-state index in [1.807, 2.05) is 24.3 Å². The van der Waals surface area contributed by atoms with Crippen molar-refractivity contribution in [3.63, 3.8) is 0 Å². The van der Waals surface area contributed by atoms with Crippen molar-refractivity contribution in [3.05, 3.63) is 24.3 Å². The number of likely N-dealkylation sites (N-methyl/N-ethyl adjacent to an activating group) is 1. The fraction of sp³-hybridized carbons (Fsp3) is 0.500. The van der Waals surface area contributed by atoms with E-state index in [0.29, 0.717) is 12.3 Å². The van der Waals surface area contributed by atoms with Gasteiger partial charge in [-0.1, -0.05) is 19.1 Å². The minimum Gasteiger partial charge on any atom is -0.490 e. The Labute approximate surface area is 91.8 Å². The van der Waals surface area contributed by atoms with Crippen LogP contribution in [-0.2, 0) is 0 Å². The number of hydrogen-bond acceptors (Lipinski definition) is 3. The quantitative estimate of drug-likeness (QED) is 0.727. The SMILES string of the molecule is CCCN(C)CCOc1ccccc1N. The molecule has 0 bridgehead atoms. The minimum absolute atomic E-state index is 0.685. The highest BCUT2D eigenvalue weighted by Gasteiger charge is 2.00. The van der Waals surface area contributed by atoms with Crippen LogP contribution in [0.3, 0.4) is 0 Å². The summed E-state index contributed by atoms with van der Waals surface area (Å²) >= 11 is 0. The second-order valence-corrected chi connectivity index (χ2v) is 3.69. The van der Waals surface area contributed by atoms with Crippen LogP contribution in [0.5, 0.6) is 5.75 Å². The van der Waals surface area contributed by atoms with Gasteiger partial charge in [0.25, 0.3) is 0 Å². The van der Waals surface area contributed by atoms with Crippen molar-refractivity contribution in [2.45, 2.75) is 13.3 Å². The van der Waals surface area contributed by atoms with Gasteiger partial charge in [0.1, 0.15) is 12.4 Å². The first-order valence-corrected chi connectivity index (χ1v) is 5.40. The van der Waals surface area contributed by atoms with Crippen molar-refractivity contribution in [2.75, 3.05) is 32.5 Å². The maximum Gasteiger partial charge on any atom is 0.142 e. The second kappa shape index (κ2) is 6.30. The van der Waals surface area contributed by atoms with Crippen molar-refractivity contribution >= 4 is 5.69 Å². The van der Waals surface area contributed by atoms with E-state index in [0.717, 1.165) is 18.8 Å². The fourth-order valence-electron chi connectivity index (χ4n) is 1.42. The normalized spacial score (nSPS) is 10.6. The maximum absolute atomic E-state index is 5.76. The van der Waals surface area contributed by atoms with E-state index < -0.39 is 0 Å². The largest absolute Gasteiger partial charge is 0.490 e. The fourth-order valence-corrected chi connectivity index (χ4v) is 1.42. The molecule has 2 N–H and O–H groups in total. The van der Waals surface area contributed by atoms with E-state index in [4.69, 9.17) is 10.5 Å². The molecule has 0 fully saturated rings. The van der Waals surface area contributed by atoms with Gasteiger partial charge in [-0.15, -0.1) is 0 Å². The van der Waals surface area contributed by atoms with Gasteiger partial charge >= 0.3 is 0 Å². The van der Waals surface area contributed by atoms with Crippen molar-refractivity contribution in [1.29, 1.82) is 0 Å². The number of para-hydroxylation sites is 2. The third kappa shape index (κ3) is 4.21. The lowest BCUT2D eigenvalue weighted by molar-refractivity contribution is 0.238. The lowest BCUT2D eigenvalue weighted by Gasteiger charge is -2.16. The average Bonchev–Trinajstić information content (AvgIpc) is 2.21. The maximum atomic E-state index is 5.76. The van der Waals surface area contributed by atoms with Crippen LogP contribution in [0.25, 0.3) is 0 Å². The Bertz CT molecular complexity index is 289. The van der Waals surface area contributed by atoms with E-state index in [9.17, 15) is 0 Å². The van der Waals surface area contributed by atoms with Crippen LogP contribution in [0.2, 0.25) is 0 Å². The number of rotatable bonds is 6. The highest BCUT2D eigenvalue weighted by atomic mass is 16.5. The molecule has 15 heavy (non-hydrogen) atoms. The Hall–Kier alpha value is -1.22. The summed E-state index contributed by atoms with van der Waals surface area (Å²) in [5.74, 6) is 0.780. The Morgan fingerprint density at radius 2 is 2.00 bits per heavy atom. The van der Waals surface area contributed by atoms with Crippen molar-refractivity contribution < 1.29 is 4.74 Å². The van der Waals surface area contributed by atoms with Crippen LogP contribution in [0.1, 0.15) is 13.3 Å². The molecule has 0 atom stereocenters. The van der Waals surface area contributed by atoms with Gasteiger partial charge in [-0.2, -0.15) is 0 Å². The van der Waals surface area contributed by atoms with Gasteiger partial charge in [0.05, 0.1) is 5.69 Å². The Morgan fingerprint density at radius 1 is 1.27 bits per heavy atom. The van der Waals surface area contributed by atoms with Gasteiger partial charge < -0.3 is 15.4 Å². The number of ether oxygens (including phenoxy) is 1. The molecule has 0 unspecified atom stereocenters. The van der Waals surface area contributed by atoms with Crippen LogP contribution in [0.15, 0.2) is 24.3 Å². The van der Waals surface area contributed by atoms with Crippen LogP contribution in [-0.4, -0.2) is 31.6 Å². The number of nitrogens with two attached hydrogens (primary N) is 1. The van der Waals surface area contributed by atoms with E-state index in [-0.39, 0.29) is 0 Å². The van der Waals surface area contributed by atoms with Gasteiger partial charge in [-0.05, 0) is 32.1 Å². The molecule has 1 rings (SSSR count). The third-order valence-corrected chi connectivity index (χ3v) is 2.25. The zero-order valence-corrected chi connectivity index (χ0v) is 9.57. The number of nitrogen functional groups attached to an aromatic ring is 1. The summed E-state index contributed by atoms with van der Waals surface area (Å²) in [5, 5.41) is 0. The molecule has 1 aromatic rings. The molecule has 0 aliphatic carbocycles. The minimum atomic E-state index is 0.685. The molecule has 0 saturated carbocycles. The van der Waals surface area contributed by atoms with Crippen LogP contribution >= 0.6 is 0 Å². The second-order valence-electron chi connectivity index (χ2n) is 3.69. The predicted octanol–water partition coefficient (Wildman–Crippen LogP) is 1.99. The van der Waals surface area contributed by atoms with Gasteiger partial charge in [0, 0.05) is 6.54 Å². The van der Waals surface area contributed by atoms with Crippen molar-refractivity contribution in [3.8, 4) is 5.75 Å². The zero-order valence-electron chi connectivity index (χ0n) is 9.57. The average molecular weight is 208 g/mol. The number of benzene rings is 1. The molecule has 0 aliphatic heterocycles. The molecule has 84 valence electrons. The first-order chi connectivity index (χ1) is 7.24. The molecule has 0 spiro atoms. The summed E-state index contributed by atoms with van der Waals surface area (Å²) in [7, 11) is 2.10. The lowest BCUT2D eigenvalue weighted by atomic mass is 10.3. The van der Waals surface area contributed by atoms with Gasteiger partial charge in [-0.25, -0.2) is 0 Å². The molecule has 0 aliphatic rings. The lowest BCUT2D eigenvalue weighted by Crippen LogP contribution is -2.25. The summed E-state index contributed by atoms with van der Waals surface area (Å²) in [6, 6.07) is 7.59. The topological polar surface area (TPSA) is 38.5 Å². The van der Waals surface area contributed by atoms with E-state index in [1.165, 1.54) is 6.42 Å². The molecule has 0 heterocycles. The first-order valence-electron chi connectivity index (χ1n) is 5.40. The van der Waals surface area contributed by atoms with Gasteiger partial charge in [-0.3, -0.25) is 0 Å². The molecular formula is C12H20N2O. The molecule has 0 saturated heterocycles. The summed E-state index contributed by atoms with van der Waals surface area (Å²) in [4.78, 5) is 2.25. The zero-order chi connectivity index (χ0) is 11.1. The van der Waals surface area contributed by atoms with E-state index >= 15 is 0 Å². The molecule has 0 radical (unpaired) electrons. The Balaban J connectivity index is 2.29. The molecule has 0 aromatic heterocycles. The molecule has 1 aromatic carbocycles. The van der Waals surface area contributed by atoms with Gasteiger partial charge in [0.15, 0.2) is 0 Å². The van der Waals surface area contributed by atoms with Crippen LogP contribution in [0, 0.1) is 0 Å². The monoisotopic (exact) mass is 208 g/mol. The summed E-state index contributed by atoms with van der Waals surface area (Å²) in [6.45, 7) is 4.90. The Morgan fingerprint density at radius 3 is 2.67 bits per heavy atom. The van der Waals surface area contributed by atoms with Crippen molar-refractivity contribution in [2.24, 2.45) is 0 Å². The predicted molar refractivity (Wildman–Crippen MR) is 64.1 cm³/mol. The van der Waals surface area contributed by atoms with Crippen LogP contribution < -0.4 is 10.5 Å². The van der Waals surface area contributed by atoms with Crippen molar-refractivity contribution in [1.82, 2.24) is 4.90 Å². The highest BCUT2D eigenvalue weighted by Crippen LogP contribution is 2.19. The summed E-state index contributed by atoms with van der Waals surface area (Å²) < 4.78 is 5.59. The van der Waals surface area contributed by atoms with E-state index in [1.54, 1.807) is 0 Å². The molecule has 0 amide bonds. The molecule has 3 heteroatoms. The third-order valence-electron chi connectivity index (χ3n) is 2.25. The standard InChI is InChI=1S/C12H20N2O/c1-3-8-14(2)9-10-15-12-7-5-4-6-11(12)13/h4-7H,3,8-10,13H2,1-2H3. The summed E-state index contributed by atoms with van der Waals surface area (Å²) in [5.41, 5.74) is 6.46. The number of hydrogen-bond donors (Lipinski definition) is 1. The smallest absolute Gasteiger partial charge is 0.142 e. The van der Waals surface area contributed by atoms with Gasteiger partial charge in [0.2, 0.25) is 0 Å². The Kier molecular flexibility index (Phi) is 4.98. The van der Waals surface area contributed by atoms with E-state index in [2.05, 4.69) is 18.9 Å². The summed E-state index contributed by atoms with van der Waals surface area (Å²) in [6.07, 6.45) is 1.17. The molecular weight excluding hydrogens is 188 g/mol. The number of anilines is 1. The number of nitrogens with zero attached hydrogens (tertiary/aromatic N) is 1.